The fraction of sp³-hybridized carbons (Fsp3) is 0.294. The Morgan fingerprint density at radius 3 is 2.62 bits per heavy atom. The Hall–Kier alpha value is -2.16. The molecular weight excluding hydrogens is 347 g/mol. The number of nitriles is 1. The van der Waals surface area contributed by atoms with Crippen LogP contribution in [0.1, 0.15) is 43.5 Å². The molecule has 2 aromatic rings. The van der Waals surface area contributed by atoms with Crippen LogP contribution in [0, 0.1) is 11.3 Å². The molecule has 1 atom stereocenters. The van der Waals surface area contributed by atoms with Crippen molar-refractivity contribution < 1.29 is 4.74 Å². The highest BCUT2D eigenvalue weighted by Crippen LogP contribution is 2.47. The van der Waals surface area contributed by atoms with Crippen LogP contribution in [0.5, 0.6) is 5.88 Å². The minimum atomic E-state index is -0.462. The van der Waals surface area contributed by atoms with Crippen molar-refractivity contribution in [3.8, 4) is 11.9 Å². The van der Waals surface area contributed by atoms with Crippen LogP contribution in [0.4, 0.5) is 0 Å². The number of nitrogens with zero attached hydrogens (tertiary/aromatic N) is 2. The first-order valence-corrected chi connectivity index (χ1v) is 8.11. The second-order valence-electron chi connectivity index (χ2n) is 6.66. The van der Waals surface area contributed by atoms with Crippen molar-refractivity contribution in [2.75, 3.05) is 0 Å². The molecular formula is C17H16Cl2N4O. The molecule has 1 aromatic carbocycles. The van der Waals surface area contributed by atoms with Crippen LogP contribution in [0.2, 0.25) is 10.0 Å². The van der Waals surface area contributed by atoms with Crippen LogP contribution in [0.15, 0.2) is 29.7 Å². The van der Waals surface area contributed by atoms with Gasteiger partial charge in [0.15, 0.2) is 0 Å². The van der Waals surface area contributed by atoms with E-state index < -0.39 is 5.92 Å². The van der Waals surface area contributed by atoms with E-state index in [2.05, 4.69) is 37.0 Å². The molecule has 1 aliphatic rings. The number of benzene rings is 1. The lowest BCUT2D eigenvalue weighted by Crippen LogP contribution is -2.24. The first-order chi connectivity index (χ1) is 11.2. The monoisotopic (exact) mass is 362 g/mol. The fourth-order valence-corrected chi connectivity index (χ4v) is 3.38. The third-order valence-corrected chi connectivity index (χ3v) is 4.52. The molecule has 0 saturated carbocycles. The quantitative estimate of drug-likeness (QED) is 0.794. The van der Waals surface area contributed by atoms with Crippen LogP contribution in [-0.2, 0) is 5.41 Å². The summed E-state index contributed by atoms with van der Waals surface area (Å²) < 4.78 is 5.55. The smallest absolute Gasteiger partial charge is 0.244 e. The van der Waals surface area contributed by atoms with Gasteiger partial charge in [0.1, 0.15) is 11.6 Å². The van der Waals surface area contributed by atoms with Crippen LogP contribution in [-0.4, -0.2) is 10.2 Å². The molecule has 24 heavy (non-hydrogen) atoms. The number of fused-ring (bicyclic) bond motifs is 1. The molecule has 1 aromatic heterocycles. The fourth-order valence-electron chi connectivity index (χ4n) is 2.86. The van der Waals surface area contributed by atoms with Crippen molar-refractivity contribution in [3.05, 3.63) is 56.5 Å². The van der Waals surface area contributed by atoms with Gasteiger partial charge in [-0.3, -0.25) is 5.10 Å². The minimum absolute atomic E-state index is 0.0352. The van der Waals surface area contributed by atoms with E-state index in [0.717, 1.165) is 16.8 Å². The van der Waals surface area contributed by atoms with Gasteiger partial charge in [-0.15, -0.1) is 5.10 Å². The molecule has 1 aliphatic heterocycles. The molecule has 0 radical (unpaired) electrons. The zero-order valence-corrected chi connectivity index (χ0v) is 15.0. The van der Waals surface area contributed by atoms with E-state index in [9.17, 15) is 5.26 Å². The molecule has 0 fully saturated rings. The summed E-state index contributed by atoms with van der Waals surface area (Å²) in [5.41, 5.74) is 8.40. The number of ether oxygens (including phenoxy) is 1. The third-order valence-electron chi connectivity index (χ3n) is 3.96. The van der Waals surface area contributed by atoms with Crippen molar-refractivity contribution in [1.82, 2.24) is 10.2 Å². The third kappa shape index (κ3) is 2.62. The van der Waals surface area contributed by atoms with Gasteiger partial charge in [0.05, 0.1) is 11.5 Å². The summed E-state index contributed by atoms with van der Waals surface area (Å²) in [6.45, 7) is 6.15. The Morgan fingerprint density at radius 1 is 1.33 bits per heavy atom. The number of rotatable bonds is 1. The lowest BCUT2D eigenvalue weighted by atomic mass is 9.79. The maximum absolute atomic E-state index is 9.63. The lowest BCUT2D eigenvalue weighted by Gasteiger charge is -2.28. The van der Waals surface area contributed by atoms with Crippen molar-refractivity contribution in [1.29, 1.82) is 5.26 Å². The Labute approximate surface area is 150 Å². The van der Waals surface area contributed by atoms with E-state index in [1.165, 1.54) is 0 Å². The van der Waals surface area contributed by atoms with Gasteiger partial charge in [0.2, 0.25) is 11.8 Å². The number of aromatic amines is 1. The van der Waals surface area contributed by atoms with E-state index in [1.807, 2.05) is 0 Å². The average Bonchev–Trinajstić information content (AvgIpc) is 2.89. The van der Waals surface area contributed by atoms with E-state index >= 15 is 0 Å². The van der Waals surface area contributed by atoms with Gasteiger partial charge >= 0.3 is 0 Å². The number of allylic oxidation sites excluding steroid dienone is 1. The van der Waals surface area contributed by atoms with Crippen molar-refractivity contribution >= 4 is 23.2 Å². The van der Waals surface area contributed by atoms with E-state index in [4.69, 9.17) is 33.7 Å². The van der Waals surface area contributed by atoms with Crippen molar-refractivity contribution in [3.63, 3.8) is 0 Å². The molecule has 124 valence electrons. The normalized spacial score (nSPS) is 17.2. The van der Waals surface area contributed by atoms with Crippen molar-refractivity contribution in [2.45, 2.75) is 32.1 Å². The summed E-state index contributed by atoms with van der Waals surface area (Å²) in [7, 11) is 0. The predicted octanol–water partition coefficient (Wildman–Crippen LogP) is 4.23. The van der Waals surface area contributed by atoms with Crippen LogP contribution < -0.4 is 10.5 Å². The summed E-state index contributed by atoms with van der Waals surface area (Å²) >= 11 is 12.4. The van der Waals surface area contributed by atoms with Crippen molar-refractivity contribution in [2.24, 2.45) is 5.73 Å². The van der Waals surface area contributed by atoms with E-state index in [0.29, 0.717) is 21.5 Å². The Balaban J connectivity index is 2.31. The Kier molecular flexibility index (Phi) is 3.98. The SMILES string of the molecule is CC(C)(C)c1[nH]nc2c1[C@H](c1ccc(Cl)cc1Cl)C(C#N)=C(N)O2. The summed E-state index contributed by atoms with van der Waals surface area (Å²) in [6, 6.07) is 7.33. The standard InChI is InChI=1S/C17H16Cl2N4O/c1-17(2,3)14-13-12(9-5-4-8(18)6-11(9)19)10(7-20)15(21)24-16(13)23-22-14/h4-6,12H,21H2,1-3H3,(H,22,23)/t12-/m1/s1. The van der Waals surface area contributed by atoms with E-state index in [1.54, 1.807) is 18.2 Å². The summed E-state index contributed by atoms with van der Waals surface area (Å²) in [4.78, 5) is 0. The molecule has 5 nitrogen and oxygen atoms in total. The molecule has 0 aliphatic carbocycles. The highest BCUT2D eigenvalue weighted by Gasteiger charge is 2.38. The molecule has 0 spiro atoms. The molecule has 7 heteroatoms. The first-order valence-electron chi connectivity index (χ1n) is 7.35. The second kappa shape index (κ2) is 5.73. The van der Waals surface area contributed by atoms with Gasteiger partial charge < -0.3 is 10.5 Å². The summed E-state index contributed by atoms with van der Waals surface area (Å²) in [5, 5.41) is 17.9. The summed E-state index contributed by atoms with van der Waals surface area (Å²) in [6.07, 6.45) is 0. The van der Waals surface area contributed by atoms with Gasteiger partial charge in [0.25, 0.3) is 0 Å². The molecule has 0 saturated heterocycles. The zero-order chi connectivity index (χ0) is 17.6. The van der Waals surface area contributed by atoms with Crippen LogP contribution in [0.25, 0.3) is 0 Å². The molecule has 2 heterocycles. The van der Waals surface area contributed by atoms with Crippen LogP contribution >= 0.6 is 23.2 Å². The largest absolute Gasteiger partial charge is 0.420 e. The molecule has 0 unspecified atom stereocenters. The molecule has 0 amide bonds. The summed E-state index contributed by atoms with van der Waals surface area (Å²) in [5.74, 6) is -0.0584. The number of H-pyrrole nitrogens is 1. The second-order valence-corrected chi connectivity index (χ2v) is 7.50. The molecule has 0 bridgehead atoms. The number of halogens is 2. The lowest BCUT2D eigenvalue weighted by molar-refractivity contribution is 0.378. The van der Waals surface area contributed by atoms with Gasteiger partial charge in [0, 0.05) is 21.2 Å². The van der Waals surface area contributed by atoms with Crippen LogP contribution in [0.3, 0.4) is 0 Å². The number of nitrogens with one attached hydrogen (secondary N) is 1. The first kappa shape index (κ1) is 16.7. The van der Waals surface area contributed by atoms with Gasteiger partial charge in [-0.05, 0) is 17.7 Å². The Morgan fingerprint density at radius 2 is 2.04 bits per heavy atom. The highest BCUT2D eigenvalue weighted by atomic mass is 35.5. The number of hydrogen-bond acceptors (Lipinski definition) is 4. The maximum atomic E-state index is 9.63. The number of hydrogen-bond donors (Lipinski definition) is 2. The zero-order valence-electron chi connectivity index (χ0n) is 13.4. The predicted molar refractivity (Wildman–Crippen MR) is 93.0 cm³/mol. The highest BCUT2D eigenvalue weighted by molar-refractivity contribution is 6.35. The van der Waals surface area contributed by atoms with E-state index in [-0.39, 0.29) is 11.3 Å². The maximum Gasteiger partial charge on any atom is 0.244 e. The molecule has 3 rings (SSSR count). The molecule has 3 N–H and O–H groups in total. The number of aromatic nitrogens is 2. The topological polar surface area (TPSA) is 87.7 Å². The number of nitrogens with two attached hydrogens (primary N) is 1. The average molecular weight is 363 g/mol. The van der Waals surface area contributed by atoms with Gasteiger partial charge in [-0.25, -0.2) is 0 Å². The Bertz CT molecular complexity index is 887. The minimum Gasteiger partial charge on any atom is -0.420 e. The van der Waals surface area contributed by atoms with Gasteiger partial charge in [-0.2, -0.15) is 5.26 Å². The van der Waals surface area contributed by atoms with Gasteiger partial charge in [-0.1, -0.05) is 50.0 Å².